The van der Waals surface area contributed by atoms with Crippen molar-refractivity contribution in [2.45, 2.75) is 50.9 Å². The molecule has 0 aromatic heterocycles. The lowest BCUT2D eigenvalue weighted by Crippen LogP contribution is -2.56. The van der Waals surface area contributed by atoms with Crippen molar-refractivity contribution in [2.75, 3.05) is 0 Å². The summed E-state index contributed by atoms with van der Waals surface area (Å²) in [5.74, 6) is -7.26. The summed E-state index contributed by atoms with van der Waals surface area (Å²) in [5.41, 5.74) is 5.33. The van der Waals surface area contributed by atoms with Gasteiger partial charge in [-0.2, -0.15) is 0 Å². The van der Waals surface area contributed by atoms with E-state index in [1.807, 2.05) is 5.32 Å². The molecular formula is C14H22N4O9. The Morgan fingerprint density at radius 1 is 0.741 bits per heavy atom. The van der Waals surface area contributed by atoms with Gasteiger partial charge in [0.25, 0.3) is 0 Å². The van der Waals surface area contributed by atoms with E-state index in [9.17, 15) is 28.8 Å². The van der Waals surface area contributed by atoms with Gasteiger partial charge >= 0.3 is 17.9 Å². The zero-order valence-electron chi connectivity index (χ0n) is 14.6. The summed E-state index contributed by atoms with van der Waals surface area (Å²) in [7, 11) is 0. The zero-order valence-corrected chi connectivity index (χ0v) is 14.6. The van der Waals surface area contributed by atoms with Crippen LogP contribution in [0.25, 0.3) is 0 Å². The molecule has 0 unspecified atom stereocenters. The molecule has 0 bridgehead atoms. The van der Waals surface area contributed by atoms with Gasteiger partial charge in [0, 0.05) is 0 Å². The molecule has 0 aromatic rings. The molecule has 0 rings (SSSR count). The minimum absolute atomic E-state index is 0.782. The summed E-state index contributed by atoms with van der Waals surface area (Å²) in [5, 5.41) is 32.5. The highest BCUT2D eigenvalue weighted by molar-refractivity contribution is 5.95. The number of nitrogens with one attached hydrogen (secondary N) is 3. The summed E-state index contributed by atoms with van der Waals surface area (Å²) in [4.78, 5) is 68.0. The van der Waals surface area contributed by atoms with E-state index in [1.165, 1.54) is 6.92 Å². The molecule has 3 amide bonds. The van der Waals surface area contributed by atoms with Crippen LogP contribution in [-0.2, 0) is 28.8 Å². The van der Waals surface area contributed by atoms with E-state index < -0.39 is 72.6 Å². The van der Waals surface area contributed by atoms with E-state index in [-0.39, 0.29) is 0 Å². The van der Waals surface area contributed by atoms with Gasteiger partial charge in [0.1, 0.15) is 18.1 Å². The Morgan fingerprint density at radius 3 is 1.59 bits per heavy atom. The van der Waals surface area contributed by atoms with Crippen molar-refractivity contribution in [3.05, 3.63) is 0 Å². The fourth-order valence-electron chi connectivity index (χ4n) is 1.74. The first-order valence-corrected chi connectivity index (χ1v) is 7.68. The molecule has 0 aliphatic heterocycles. The molecule has 13 heteroatoms. The molecule has 0 heterocycles. The largest absolute Gasteiger partial charge is 0.481 e. The maximum absolute atomic E-state index is 12.1. The number of carboxylic acids is 3. The number of hydrogen-bond donors (Lipinski definition) is 7. The molecule has 0 fully saturated rings. The van der Waals surface area contributed by atoms with Crippen LogP contribution in [0.5, 0.6) is 0 Å². The maximum Gasteiger partial charge on any atom is 0.326 e. The Hall–Kier alpha value is -3.22. The molecule has 0 aliphatic carbocycles. The van der Waals surface area contributed by atoms with Crippen molar-refractivity contribution in [1.82, 2.24) is 16.0 Å². The van der Waals surface area contributed by atoms with Crippen LogP contribution in [0.2, 0.25) is 0 Å². The number of nitrogens with two attached hydrogens (primary N) is 1. The van der Waals surface area contributed by atoms with Crippen LogP contribution in [0.1, 0.15) is 26.7 Å². The van der Waals surface area contributed by atoms with Gasteiger partial charge in [0.2, 0.25) is 17.7 Å². The fourth-order valence-corrected chi connectivity index (χ4v) is 1.74. The van der Waals surface area contributed by atoms with Crippen LogP contribution in [0.3, 0.4) is 0 Å². The number of carboxylic acid groups (broad SMARTS) is 3. The molecule has 152 valence electrons. The smallest absolute Gasteiger partial charge is 0.326 e. The number of hydrogen-bond acceptors (Lipinski definition) is 7. The maximum atomic E-state index is 12.1. The third-order valence-electron chi connectivity index (χ3n) is 3.17. The van der Waals surface area contributed by atoms with Gasteiger partial charge in [-0.25, -0.2) is 4.79 Å². The van der Waals surface area contributed by atoms with Gasteiger partial charge in [-0.1, -0.05) is 0 Å². The van der Waals surface area contributed by atoms with E-state index in [0.29, 0.717) is 0 Å². The summed E-state index contributed by atoms with van der Waals surface area (Å²) < 4.78 is 0. The van der Waals surface area contributed by atoms with Gasteiger partial charge in [-0.05, 0) is 13.8 Å². The van der Waals surface area contributed by atoms with Gasteiger partial charge in [0.05, 0.1) is 18.9 Å². The first kappa shape index (κ1) is 23.8. The second kappa shape index (κ2) is 10.7. The van der Waals surface area contributed by atoms with Gasteiger partial charge in [0.15, 0.2) is 0 Å². The predicted octanol–water partition coefficient (Wildman–Crippen LogP) is -3.16. The third-order valence-corrected chi connectivity index (χ3v) is 3.17. The fraction of sp³-hybridized carbons (Fsp3) is 0.571. The van der Waals surface area contributed by atoms with E-state index >= 15 is 0 Å². The van der Waals surface area contributed by atoms with Crippen molar-refractivity contribution in [1.29, 1.82) is 0 Å². The van der Waals surface area contributed by atoms with Crippen LogP contribution >= 0.6 is 0 Å². The molecule has 0 saturated heterocycles. The molecule has 0 radical (unpaired) electrons. The summed E-state index contributed by atoms with van der Waals surface area (Å²) in [6.07, 6.45) is -1.66. The van der Waals surface area contributed by atoms with Crippen molar-refractivity contribution < 1.29 is 44.1 Å². The van der Waals surface area contributed by atoms with Crippen molar-refractivity contribution >= 4 is 35.6 Å². The van der Waals surface area contributed by atoms with E-state index in [1.54, 1.807) is 0 Å². The van der Waals surface area contributed by atoms with Crippen molar-refractivity contribution in [3.8, 4) is 0 Å². The molecule has 0 spiro atoms. The lowest BCUT2D eigenvalue weighted by molar-refractivity contribution is -0.147. The molecule has 4 atom stereocenters. The van der Waals surface area contributed by atoms with E-state index in [4.69, 9.17) is 21.1 Å². The highest BCUT2D eigenvalue weighted by Gasteiger charge is 2.29. The van der Waals surface area contributed by atoms with Crippen LogP contribution in [0, 0.1) is 0 Å². The average molecular weight is 390 g/mol. The number of carbonyl (C=O) groups excluding carboxylic acids is 3. The standard InChI is InChI=1S/C14H22N4O9/c1-5(15)11(23)17-7(3-9(19)20)13(25)16-6(2)12(24)18-8(14(26)27)4-10(21)22/h5-8H,3-4,15H2,1-2H3,(H,16,25)(H,17,23)(H,18,24)(H,19,20)(H,21,22)(H,26,27)/t5-,6-,7-,8-/m0/s1. The minimum Gasteiger partial charge on any atom is -0.481 e. The molecule has 8 N–H and O–H groups in total. The number of amides is 3. The Balaban J connectivity index is 5.00. The monoisotopic (exact) mass is 390 g/mol. The van der Waals surface area contributed by atoms with Crippen molar-refractivity contribution in [2.24, 2.45) is 5.73 Å². The summed E-state index contributed by atoms with van der Waals surface area (Å²) in [6, 6.07) is -5.59. The predicted molar refractivity (Wildman–Crippen MR) is 87.3 cm³/mol. The van der Waals surface area contributed by atoms with Crippen LogP contribution < -0.4 is 21.7 Å². The SMILES string of the molecule is C[C@H](N)C(=O)N[C@@H](CC(=O)O)C(=O)N[C@@H](C)C(=O)N[C@@H](CC(=O)O)C(=O)O. The molecule has 0 aliphatic rings. The Labute approximate surface area is 153 Å². The highest BCUT2D eigenvalue weighted by Crippen LogP contribution is 1.98. The van der Waals surface area contributed by atoms with Crippen LogP contribution in [0.15, 0.2) is 0 Å². The number of carbonyl (C=O) groups is 6. The quantitative estimate of drug-likeness (QED) is 0.187. The minimum atomic E-state index is -1.72. The zero-order chi connectivity index (χ0) is 21.3. The first-order valence-electron chi connectivity index (χ1n) is 7.68. The number of rotatable bonds is 11. The average Bonchev–Trinajstić information content (AvgIpc) is 2.51. The summed E-state index contributed by atoms with van der Waals surface area (Å²) >= 11 is 0. The summed E-state index contributed by atoms with van der Waals surface area (Å²) in [6.45, 7) is 2.48. The lowest BCUT2D eigenvalue weighted by atomic mass is 10.1. The molecule has 27 heavy (non-hydrogen) atoms. The second-order valence-corrected chi connectivity index (χ2v) is 5.68. The molecule has 13 nitrogen and oxygen atoms in total. The third kappa shape index (κ3) is 9.15. The number of aliphatic carboxylic acids is 3. The topological polar surface area (TPSA) is 225 Å². The van der Waals surface area contributed by atoms with Gasteiger partial charge in [-0.3, -0.25) is 24.0 Å². The van der Waals surface area contributed by atoms with Crippen LogP contribution in [0.4, 0.5) is 0 Å². The Morgan fingerprint density at radius 2 is 1.19 bits per heavy atom. The lowest BCUT2D eigenvalue weighted by Gasteiger charge is -2.22. The second-order valence-electron chi connectivity index (χ2n) is 5.68. The van der Waals surface area contributed by atoms with Crippen molar-refractivity contribution in [3.63, 3.8) is 0 Å². The molecule has 0 aromatic carbocycles. The highest BCUT2D eigenvalue weighted by atomic mass is 16.4. The Kier molecular flexibility index (Phi) is 9.42. The molecule has 0 saturated carbocycles. The van der Waals surface area contributed by atoms with Crippen LogP contribution in [-0.4, -0.2) is 75.1 Å². The first-order chi connectivity index (χ1) is 12.3. The van der Waals surface area contributed by atoms with Gasteiger partial charge < -0.3 is 37.0 Å². The normalized spacial score (nSPS) is 14.8. The van der Waals surface area contributed by atoms with E-state index in [2.05, 4.69) is 10.6 Å². The van der Waals surface area contributed by atoms with Gasteiger partial charge in [-0.15, -0.1) is 0 Å². The Bertz CT molecular complexity index is 620. The van der Waals surface area contributed by atoms with E-state index in [0.717, 1.165) is 6.92 Å². The molecular weight excluding hydrogens is 368 g/mol.